The Balaban J connectivity index is 0.00000225. The lowest BCUT2D eigenvalue weighted by atomic mass is 9.82. The summed E-state index contributed by atoms with van der Waals surface area (Å²) in [6.07, 6.45) is 1.83. The predicted octanol–water partition coefficient (Wildman–Crippen LogP) is -0.212. The molecule has 0 spiro atoms. The monoisotopic (exact) mass is 249 g/mol. The Hall–Kier alpha value is -0.810. The standard InChI is InChI=1S/C10H19N3O2.ClH/c1-7(8(11)14)13-9(15)10(2)4-3-5-12-6-10;/h7,12H,3-6H2,1-2H3,(H2,11,14)(H,13,15);1H/t7-,10?;/m0./s1. The summed E-state index contributed by atoms with van der Waals surface area (Å²) < 4.78 is 0. The third-order valence-corrected chi connectivity index (χ3v) is 2.92. The van der Waals surface area contributed by atoms with Crippen LogP contribution >= 0.6 is 12.4 Å². The van der Waals surface area contributed by atoms with Crippen molar-refractivity contribution in [2.75, 3.05) is 13.1 Å². The molecule has 5 nitrogen and oxygen atoms in total. The van der Waals surface area contributed by atoms with Gasteiger partial charge in [-0.3, -0.25) is 9.59 Å². The van der Waals surface area contributed by atoms with Gasteiger partial charge in [0.25, 0.3) is 0 Å². The van der Waals surface area contributed by atoms with E-state index in [0.29, 0.717) is 6.54 Å². The van der Waals surface area contributed by atoms with Crippen molar-refractivity contribution in [3.63, 3.8) is 0 Å². The molecule has 2 amide bonds. The van der Waals surface area contributed by atoms with E-state index in [1.54, 1.807) is 6.92 Å². The molecule has 6 heteroatoms. The van der Waals surface area contributed by atoms with Crippen LogP contribution in [-0.2, 0) is 9.59 Å². The van der Waals surface area contributed by atoms with Crippen molar-refractivity contribution in [3.8, 4) is 0 Å². The normalized spacial score (nSPS) is 26.4. The number of primary amides is 1. The summed E-state index contributed by atoms with van der Waals surface area (Å²) in [4.78, 5) is 22.7. The topological polar surface area (TPSA) is 84.2 Å². The van der Waals surface area contributed by atoms with Crippen molar-refractivity contribution in [2.45, 2.75) is 32.7 Å². The second-order valence-electron chi connectivity index (χ2n) is 4.44. The molecular formula is C10H20ClN3O2. The molecule has 1 saturated heterocycles. The van der Waals surface area contributed by atoms with Crippen LogP contribution in [0.1, 0.15) is 26.7 Å². The van der Waals surface area contributed by atoms with Crippen LogP contribution in [0.25, 0.3) is 0 Å². The number of nitrogens with two attached hydrogens (primary N) is 1. The quantitative estimate of drug-likeness (QED) is 0.647. The summed E-state index contributed by atoms with van der Waals surface area (Å²) in [7, 11) is 0. The van der Waals surface area contributed by atoms with E-state index < -0.39 is 17.4 Å². The lowest BCUT2D eigenvalue weighted by Crippen LogP contribution is -2.53. The highest BCUT2D eigenvalue weighted by atomic mass is 35.5. The van der Waals surface area contributed by atoms with Crippen molar-refractivity contribution < 1.29 is 9.59 Å². The van der Waals surface area contributed by atoms with Crippen LogP contribution in [0.2, 0.25) is 0 Å². The molecule has 0 saturated carbocycles. The van der Waals surface area contributed by atoms with Crippen molar-refractivity contribution in [1.82, 2.24) is 10.6 Å². The first-order valence-electron chi connectivity index (χ1n) is 5.27. The first kappa shape index (κ1) is 15.2. The summed E-state index contributed by atoms with van der Waals surface area (Å²) in [5, 5.41) is 5.82. The van der Waals surface area contributed by atoms with E-state index in [4.69, 9.17) is 5.73 Å². The number of rotatable bonds is 3. The molecule has 1 rings (SSSR count). The molecule has 94 valence electrons. The van der Waals surface area contributed by atoms with E-state index in [2.05, 4.69) is 10.6 Å². The number of piperidine rings is 1. The van der Waals surface area contributed by atoms with Gasteiger partial charge >= 0.3 is 0 Å². The number of halogens is 1. The van der Waals surface area contributed by atoms with Crippen molar-refractivity contribution in [1.29, 1.82) is 0 Å². The Kier molecular flexibility index (Phi) is 5.75. The SMILES string of the molecule is C[C@H](NC(=O)C1(C)CCCNC1)C(N)=O.Cl. The summed E-state index contributed by atoms with van der Waals surface area (Å²) >= 11 is 0. The van der Waals surface area contributed by atoms with Crippen LogP contribution < -0.4 is 16.4 Å². The average molecular weight is 250 g/mol. The maximum atomic E-state index is 11.9. The smallest absolute Gasteiger partial charge is 0.239 e. The molecule has 1 heterocycles. The minimum absolute atomic E-state index is 0. The summed E-state index contributed by atoms with van der Waals surface area (Å²) in [5.74, 6) is -0.600. The van der Waals surface area contributed by atoms with Gasteiger partial charge in [-0.25, -0.2) is 0 Å². The lowest BCUT2D eigenvalue weighted by molar-refractivity contribution is -0.134. The maximum Gasteiger partial charge on any atom is 0.239 e. The average Bonchev–Trinajstić information content (AvgIpc) is 2.18. The Morgan fingerprint density at radius 2 is 2.12 bits per heavy atom. The van der Waals surface area contributed by atoms with Crippen molar-refractivity contribution in [2.24, 2.45) is 11.1 Å². The molecule has 1 fully saturated rings. The van der Waals surface area contributed by atoms with Crippen LogP contribution in [0, 0.1) is 5.41 Å². The van der Waals surface area contributed by atoms with Gasteiger partial charge in [0.15, 0.2) is 0 Å². The molecule has 0 aromatic heterocycles. The highest BCUT2D eigenvalue weighted by molar-refractivity contribution is 5.89. The first-order valence-corrected chi connectivity index (χ1v) is 5.27. The fraction of sp³-hybridized carbons (Fsp3) is 0.800. The number of hydrogen-bond donors (Lipinski definition) is 3. The van der Waals surface area contributed by atoms with Gasteiger partial charge in [0, 0.05) is 6.54 Å². The van der Waals surface area contributed by atoms with E-state index in [0.717, 1.165) is 19.4 Å². The minimum Gasteiger partial charge on any atom is -0.368 e. The van der Waals surface area contributed by atoms with Crippen LogP contribution in [0.5, 0.6) is 0 Å². The number of amides is 2. The van der Waals surface area contributed by atoms with Crippen LogP contribution in [-0.4, -0.2) is 30.9 Å². The fourth-order valence-electron chi connectivity index (χ4n) is 1.69. The van der Waals surface area contributed by atoms with Crippen molar-refractivity contribution >= 4 is 24.2 Å². The Morgan fingerprint density at radius 1 is 1.50 bits per heavy atom. The molecular weight excluding hydrogens is 230 g/mol. The zero-order valence-electron chi connectivity index (χ0n) is 9.71. The van der Waals surface area contributed by atoms with Crippen LogP contribution in [0.3, 0.4) is 0 Å². The van der Waals surface area contributed by atoms with Gasteiger partial charge in [0.05, 0.1) is 5.41 Å². The number of carbonyl (C=O) groups excluding carboxylic acids is 2. The maximum absolute atomic E-state index is 11.9. The Bertz CT molecular complexity index is 265. The number of hydrogen-bond acceptors (Lipinski definition) is 3. The summed E-state index contributed by atoms with van der Waals surface area (Å²) in [5.41, 5.74) is 4.67. The Labute approximate surface area is 102 Å². The molecule has 0 aromatic rings. The number of carbonyl (C=O) groups is 2. The Morgan fingerprint density at radius 3 is 2.56 bits per heavy atom. The molecule has 2 atom stereocenters. The van der Waals surface area contributed by atoms with Gasteiger partial charge in [-0.15, -0.1) is 12.4 Å². The van der Waals surface area contributed by atoms with E-state index in [1.807, 2.05) is 6.92 Å². The van der Waals surface area contributed by atoms with Crippen molar-refractivity contribution in [3.05, 3.63) is 0 Å². The van der Waals surface area contributed by atoms with E-state index in [9.17, 15) is 9.59 Å². The second-order valence-corrected chi connectivity index (χ2v) is 4.44. The third kappa shape index (κ3) is 3.64. The van der Waals surface area contributed by atoms with Crippen LogP contribution in [0.4, 0.5) is 0 Å². The molecule has 0 bridgehead atoms. The molecule has 0 aromatic carbocycles. The molecule has 1 aliphatic heterocycles. The zero-order valence-corrected chi connectivity index (χ0v) is 10.5. The molecule has 16 heavy (non-hydrogen) atoms. The first-order chi connectivity index (χ1) is 6.96. The largest absolute Gasteiger partial charge is 0.368 e. The predicted molar refractivity (Wildman–Crippen MR) is 64.3 cm³/mol. The summed E-state index contributed by atoms with van der Waals surface area (Å²) in [6.45, 7) is 5.11. The fourth-order valence-corrected chi connectivity index (χ4v) is 1.69. The van der Waals surface area contributed by atoms with Gasteiger partial charge in [-0.2, -0.15) is 0 Å². The van der Waals surface area contributed by atoms with Crippen LogP contribution in [0.15, 0.2) is 0 Å². The van der Waals surface area contributed by atoms with E-state index >= 15 is 0 Å². The van der Waals surface area contributed by atoms with E-state index in [-0.39, 0.29) is 18.3 Å². The van der Waals surface area contributed by atoms with Gasteiger partial charge in [0.1, 0.15) is 6.04 Å². The van der Waals surface area contributed by atoms with Gasteiger partial charge in [-0.1, -0.05) is 0 Å². The number of nitrogens with one attached hydrogen (secondary N) is 2. The molecule has 4 N–H and O–H groups in total. The van der Waals surface area contributed by atoms with Gasteiger partial charge < -0.3 is 16.4 Å². The van der Waals surface area contributed by atoms with Gasteiger partial charge in [0.2, 0.25) is 11.8 Å². The van der Waals surface area contributed by atoms with Gasteiger partial charge in [-0.05, 0) is 33.2 Å². The minimum atomic E-state index is -0.601. The highest BCUT2D eigenvalue weighted by Crippen LogP contribution is 2.25. The molecule has 1 unspecified atom stereocenters. The van der Waals surface area contributed by atoms with E-state index in [1.165, 1.54) is 0 Å². The molecule has 0 aliphatic carbocycles. The lowest BCUT2D eigenvalue weighted by Gasteiger charge is -2.33. The highest BCUT2D eigenvalue weighted by Gasteiger charge is 2.35. The third-order valence-electron chi connectivity index (χ3n) is 2.92. The summed E-state index contributed by atoms with van der Waals surface area (Å²) in [6, 6.07) is -0.601. The second kappa shape index (κ2) is 6.06. The molecule has 1 aliphatic rings. The molecule has 0 radical (unpaired) electrons. The zero-order chi connectivity index (χ0) is 11.5.